The topological polar surface area (TPSA) is 66.5 Å². The van der Waals surface area contributed by atoms with Crippen LogP contribution in [0.3, 0.4) is 0 Å². The molecule has 0 atom stereocenters. The minimum Gasteiger partial charge on any atom is -0.203 e. The van der Waals surface area contributed by atoms with Gasteiger partial charge < -0.3 is 5.73 Å². The van der Waals surface area contributed by atoms with Gasteiger partial charge in [0.05, 0.1) is 14.5 Å². The number of nitrogens with zero attached hydrogens (tertiary/aromatic N) is 2. The summed E-state index contributed by atoms with van der Waals surface area (Å²) in [6, 6.07) is 1.64. The number of nitrogens with one attached hydrogen (secondary N) is 1. The Morgan fingerprint density at radius 1 is 0.456 bits per heavy atom. The molecule has 25 heteroatoms. The van der Waals surface area contributed by atoms with Gasteiger partial charge in [-0.3, -0.25) is 0 Å². The first-order chi connectivity index (χ1) is 31.9. The van der Waals surface area contributed by atoms with Crippen LogP contribution in [-0.4, -0.2) is 20.5 Å². The monoisotopic (exact) mass is 1270 g/mol. The molecule has 0 bridgehead atoms. The zero-order valence-corrected chi connectivity index (χ0v) is 41.8. The van der Waals surface area contributed by atoms with E-state index in [4.69, 9.17) is 5.73 Å². The Morgan fingerprint density at radius 2 is 0.750 bits per heavy atom. The van der Waals surface area contributed by atoms with Gasteiger partial charge >= 0.3 is 290 Å². The number of H-pyrrole nitrogens is 1. The van der Waals surface area contributed by atoms with Crippen LogP contribution in [0.2, 0.25) is 0 Å². The van der Waals surface area contributed by atoms with Crippen molar-refractivity contribution in [3.05, 3.63) is 211 Å². The van der Waals surface area contributed by atoms with E-state index >= 15 is 52.7 Å². The third-order valence-electron chi connectivity index (χ3n) is 9.98. The molecule has 0 radical (unpaired) electrons. The van der Waals surface area contributed by atoms with Crippen LogP contribution in [0.1, 0.15) is 33.6 Å². The number of nitrogens with two attached hydrogens (primary N) is 1. The molecule has 0 fully saturated rings. The summed E-state index contributed by atoms with van der Waals surface area (Å²) in [5, 5.41) is 0. The summed E-state index contributed by atoms with van der Waals surface area (Å²) in [4.78, 5) is 10.6. The molecule has 3 heterocycles. The Bertz CT molecular complexity index is 3290. The number of aromatic amines is 1. The average Bonchev–Trinajstić information content (AvgIpc) is 4.13. The van der Waals surface area contributed by atoms with Gasteiger partial charge in [-0.1, -0.05) is 6.58 Å². The smallest absolute Gasteiger partial charge is 0.203 e. The summed E-state index contributed by atoms with van der Waals surface area (Å²) >= 11 is 9.19. The van der Waals surface area contributed by atoms with E-state index < -0.39 is 194 Å². The van der Waals surface area contributed by atoms with Gasteiger partial charge in [-0.15, -0.1) is 0 Å². The molecule has 4 aromatic carbocycles. The fourth-order valence-corrected chi connectivity index (χ4v) is 9.25. The third-order valence-corrected chi connectivity index (χ3v) is 14.3. The van der Waals surface area contributed by atoms with Crippen molar-refractivity contribution in [1.82, 2.24) is 4.98 Å². The average molecular weight is 1270 g/mol. The predicted octanol–water partition coefficient (Wildman–Crippen LogP) is 14.2. The Labute approximate surface area is 412 Å². The van der Waals surface area contributed by atoms with Gasteiger partial charge in [0, 0.05) is 11.3 Å². The number of halogens is 20. The van der Waals surface area contributed by atoms with Crippen LogP contribution in [0.5, 0.6) is 0 Å². The first kappa shape index (κ1) is 50.9. The fraction of sp³-hybridized carbons (Fsp3) is 0. The van der Waals surface area contributed by atoms with Gasteiger partial charge in [-0.2, -0.15) is 0 Å². The summed E-state index contributed by atoms with van der Waals surface area (Å²) in [5.41, 5.74) is -7.73. The number of aliphatic imine (C=N–C) groups is 2. The number of allylic oxidation sites excluding steroid dienone is 6. The van der Waals surface area contributed by atoms with Crippen LogP contribution in [-0.2, 0) is 17.9 Å². The molecular formula is C43H12Br4F16N4Zn. The Hall–Kier alpha value is -4.97. The molecule has 0 aliphatic carbocycles. The Kier molecular flexibility index (Phi) is 14.3. The van der Waals surface area contributed by atoms with Gasteiger partial charge in [0.2, 0.25) is 0 Å². The summed E-state index contributed by atoms with van der Waals surface area (Å²) in [5.74, 6) is -32.1. The number of hydrogen-bond acceptors (Lipinski definition) is 3. The number of rotatable bonds is 9. The quantitative estimate of drug-likeness (QED) is 0.0499. The van der Waals surface area contributed by atoms with Gasteiger partial charge in [0.15, 0.2) is 23.3 Å². The van der Waals surface area contributed by atoms with Crippen LogP contribution >= 0.6 is 63.7 Å². The van der Waals surface area contributed by atoms with E-state index in [0.29, 0.717) is 0 Å². The zero-order valence-electron chi connectivity index (χ0n) is 32.5. The van der Waals surface area contributed by atoms with Crippen molar-refractivity contribution >= 4 is 96.0 Å². The van der Waals surface area contributed by atoms with Crippen LogP contribution in [0.4, 0.5) is 70.2 Å². The molecule has 346 valence electrons. The van der Waals surface area contributed by atoms with Crippen molar-refractivity contribution < 1.29 is 88.1 Å². The van der Waals surface area contributed by atoms with Crippen LogP contribution in [0.15, 0.2) is 94.1 Å². The van der Waals surface area contributed by atoms with E-state index in [1.165, 1.54) is 0 Å². The molecule has 0 saturated heterocycles. The molecule has 0 amide bonds. The molecule has 2 aliphatic rings. The van der Waals surface area contributed by atoms with Crippen molar-refractivity contribution in [2.45, 2.75) is 0 Å². The maximum atomic E-state index is 16.0. The van der Waals surface area contributed by atoms with E-state index in [0.717, 1.165) is 42.5 Å². The van der Waals surface area contributed by atoms with E-state index in [-0.39, 0.29) is 17.9 Å². The Balaban J connectivity index is 1.53. The molecule has 5 aromatic rings. The van der Waals surface area contributed by atoms with Gasteiger partial charge in [0.1, 0.15) is 0 Å². The first-order valence-electron chi connectivity index (χ1n) is 18.0. The van der Waals surface area contributed by atoms with E-state index in [1.54, 1.807) is 0 Å². The SMILES string of the molecule is C=C/C(N)=C(C1=N/C(=C(\c2ccc(/C(=C3/C=CC([C](=[Zn])c4c(F)c(F)c(Br)c(F)c4F)=N3)c3c(F)c(F)c(Br)c(F)c3F)[nH]2)c2c(F)c(F)c(Br)c(F)c2F)C=C1)\c1c(F)c(F)c(Br)c(F)c1F. The summed E-state index contributed by atoms with van der Waals surface area (Å²) in [6.07, 6.45) is 4.19. The van der Waals surface area contributed by atoms with Crippen molar-refractivity contribution in [2.24, 2.45) is 15.7 Å². The second kappa shape index (κ2) is 19.1. The fourth-order valence-electron chi connectivity index (χ4n) is 6.79. The summed E-state index contributed by atoms with van der Waals surface area (Å²) < 4.78 is 239. The van der Waals surface area contributed by atoms with Crippen molar-refractivity contribution in [1.29, 1.82) is 0 Å². The molecule has 0 saturated carbocycles. The molecule has 3 N–H and O–H groups in total. The maximum absolute atomic E-state index is 16.0. The van der Waals surface area contributed by atoms with Gasteiger partial charge in [0.25, 0.3) is 0 Å². The van der Waals surface area contributed by atoms with E-state index in [9.17, 15) is 17.6 Å². The van der Waals surface area contributed by atoms with Crippen molar-refractivity contribution in [2.75, 3.05) is 0 Å². The van der Waals surface area contributed by atoms with Gasteiger partial charge in [-0.05, 0) is 37.9 Å². The van der Waals surface area contributed by atoms with Crippen molar-refractivity contribution in [3.63, 3.8) is 0 Å². The van der Waals surface area contributed by atoms with Gasteiger partial charge in [-0.25, -0.2) is 26.3 Å². The Morgan fingerprint density at radius 3 is 1.09 bits per heavy atom. The molecule has 0 unspecified atom stereocenters. The molecule has 7 rings (SSSR count). The number of hydrogen-bond donors (Lipinski definition) is 2. The van der Waals surface area contributed by atoms with E-state index in [2.05, 4.69) is 85.3 Å². The number of benzene rings is 4. The summed E-state index contributed by atoms with van der Waals surface area (Å²) in [6.45, 7) is 3.36. The molecule has 68 heavy (non-hydrogen) atoms. The summed E-state index contributed by atoms with van der Waals surface area (Å²) in [7, 11) is 0. The van der Waals surface area contributed by atoms with Crippen molar-refractivity contribution in [3.8, 4) is 0 Å². The molecule has 4 nitrogen and oxygen atoms in total. The second-order valence-electron chi connectivity index (χ2n) is 13.8. The molecule has 2 aliphatic heterocycles. The molecule has 0 spiro atoms. The molecular weight excluding hydrogens is 1260 g/mol. The minimum absolute atomic E-state index is 0.318. The minimum atomic E-state index is -2.14. The standard InChI is InChI=1S/C43H12Br4F16N4.Zn/c1-2-12(64)18(21-30(50)38(58)25(45)39(59)31(21)51)13-5-6-16(66-13)20(23-34(54)42(62)27(47)43(63)35(23)55)17-8-7-15(67-17)19(22-32(52)40(60)26(46)41(61)33(22)53)14-4-3-10(65-14)9-11-28(48)36(56)24(44)37(57)29(11)49;/h2-8,67H,1,64H2;/b18-12+,19-14+,20-16+;. The van der Waals surface area contributed by atoms with Crippen LogP contribution in [0, 0.1) is 93.1 Å². The normalized spacial score (nSPS) is 15.3. The second-order valence-corrected chi connectivity index (χ2v) is 18.4. The van der Waals surface area contributed by atoms with Crippen LogP contribution < -0.4 is 5.73 Å². The number of aromatic nitrogens is 1. The first-order valence-corrected chi connectivity index (χ1v) is 22.7. The zero-order chi connectivity index (χ0) is 50.3. The van der Waals surface area contributed by atoms with E-state index in [1.807, 2.05) is 0 Å². The predicted molar refractivity (Wildman–Crippen MR) is 227 cm³/mol. The van der Waals surface area contributed by atoms with Crippen LogP contribution in [0.25, 0.3) is 16.7 Å². The molecule has 1 aromatic heterocycles. The third kappa shape index (κ3) is 8.18.